The Kier molecular flexibility index (Phi) is 5.48. The molecule has 180 valence electrons. The molecule has 0 aliphatic carbocycles. The molecule has 0 aliphatic rings. The zero-order valence-electron chi connectivity index (χ0n) is 19.8. The number of fused-ring (bicyclic) bond motifs is 2. The molecule has 0 saturated carbocycles. The second-order valence-electron chi connectivity index (χ2n) is 8.96. The fraction of sp³-hybridized carbons (Fsp3) is 0. The number of hydrogen-bond acceptors (Lipinski definition) is 4. The van der Waals surface area contributed by atoms with Crippen LogP contribution in [-0.2, 0) is 0 Å². The number of phenols is 4. The van der Waals surface area contributed by atoms with Gasteiger partial charge in [0, 0.05) is 33.7 Å². The Balaban J connectivity index is 1.93. The minimum Gasteiger partial charge on any atom is -0.504 e. The lowest BCUT2D eigenvalue weighted by molar-refractivity contribution is 0.408. The predicted octanol–water partition coefficient (Wildman–Crippen LogP) is 5.43. The van der Waals surface area contributed by atoms with Gasteiger partial charge in [0.2, 0.25) is 0 Å². The Bertz CT molecular complexity index is 1630. The molecule has 0 saturated heterocycles. The lowest BCUT2D eigenvalue weighted by atomic mass is 10.1. The molecule has 0 aliphatic heterocycles. The Hall–Kier alpha value is -4.53. The monoisotopic (exact) mass is 503 g/mol. The van der Waals surface area contributed by atoms with Gasteiger partial charge in [-0.15, -0.1) is 0 Å². The molecule has 0 radical (unpaired) electrons. The van der Waals surface area contributed by atoms with Crippen molar-refractivity contribution >= 4 is 50.0 Å². The molecule has 0 aromatic heterocycles. The Labute approximate surface area is 214 Å². The van der Waals surface area contributed by atoms with Gasteiger partial charge < -0.3 is 20.4 Å². The normalized spacial score (nSPS) is 11.7. The molecule has 0 atom stereocenters. The topological polar surface area (TPSA) is 80.9 Å². The highest BCUT2D eigenvalue weighted by Gasteiger charge is 2.51. The van der Waals surface area contributed by atoms with Crippen LogP contribution in [0.5, 0.6) is 23.0 Å². The van der Waals surface area contributed by atoms with Gasteiger partial charge in [-0.05, 0) is 24.3 Å². The Morgan fingerprint density at radius 2 is 0.703 bits per heavy atom. The second-order valence-corrected chi connectivity index (χ2v) is 12.3. The van der Waals surface area contributed by atoms with Gasteiger partial charge >= 0.3 is 0 Å². The zero-order chi connectivity index (χ0) is 25.6. The van der Waals surface area contributed by atoms with Crippen LogP contribution in [0.3, 0.4) is 0 Å². The quantitative estimate of drug-likeness (QED) is 0.191. The average molecular weight is 504 g/mol. The van der Waals surface area contributed by atoms with Crippen LogP contribution in [0, 0.1) is 0 Å². The summed E-state index contributed by atoms with van der Waals surface area (Å²) in [6, 6.07) is 38.4. The molecule has 6 aromatic rings. The summed E-state index contributed by atoms with van der Waals surface area (Å²) in [7, 11) is -2.83. The molecule has 0 spiro atoms. The van der Waals surface area contributed by atoms with Gasteiger partial charge in [0.1, 0.15) is 28.5 Å². The van der Waals surface area contributed by atoms with E-state index in [1.807, 2.05) is 72.8 Å². The molecule has 0 amide bonds. The van der Waals surface area contributed by atoms with Crippen molar-refractivity contribution in [3.05, 3.63) is 121 Å². The molecular weight excluding hydrogens is 479 g/mol. The highest BCUT2D eigenvalue weighted by Crippen LogP contribution is 2.59. The SMILES string of the molecule is Oc1cc([P+](c2ccccc2)(c2ccccc2)c2cc(O)c(O)c3ccccc23)c2ccccc2c1O. The molecule has 4 nitrogen and oxygen atoms in total. The molecular formula is C32H24O4P+. The highest BCUT2D eigenvalue weighted by atomic mass is 31.2. The van der Waals surface area contributed by atoms with Crippen molar-refractivity contribution in [3.63, 3.8) is 0 Å². The van der Waals surface area contributed by atoms with E-state index in [-0.39, 0.29) is 23.0 Å². The third-order valence-corrected chi connectivity index (χ3v) is 11.3. The van der Waals surface area contributed by atoms with E-state index in [1.165, 1.54) is 0 Å². The summed E-state index contributed by atoms with van der Waals surface area (Å²) in [6.07, 6.45) is 0. The molecule has 0 unspecified atom stereocenters. The van der Waals surface area contributed by atoms with E-state index in [0.717, 1.165) is 32.0 Å². The van der Waals surface area contributed by atoms with Crippen molar-refractivity contribution < 1.29 is 20.4 Å². The number of phenolic OH excluding ortho intramolecular Hbond substituents is 4. The first-order chi connectivity index (χ1) is 18.0. The third-order valence-electron chi connectivity index (χ3n) is 6.96. The molecule has 4 N–H and O–H groups in total. The van der Waals surface area contributed by atoms with E-state index >= 15 is 0 Å². The molecule has 0 fully saturated rings. The number of benzene rings is 6. The summed E-state index contributed by atoms with van der Waals surface area (Å²) in [5, 5.41) is 50.0. The first-order valence-corrected chi connectivity index (χ1v) is 13.7. The fourth-order valence-corrected chi connectivity index (χ4v) is 10.0. The summed E-state index contributed by atoms with van der Waals surface area (Å²) < 4.78 is 0. The summed E-state index contributed by atoms with van der Waals surface area (Å²) in [5.41, 5.74) is 0. The number of rotatable bonds is 4. The summed E-state index contributed by atoms with van der Waals surface area (Å²) in [6.45, 7) is 0. The third kappa shape index (κ3) is 3.41. The molecule has 0 bridgehead atoms. The molecule has 5 heteroatoms. The summed E-state index contributed by atoms with van der Waals surface area (Å²) in [4.78, 5) is 0. The first-order valence-electron chi connectivity index (χ1n) is 11.9. The van der Waals surface area contributed by atoms with E-state index in [2.05, 4.69) is 24.3 Å². The molecule has 6 aromatic carbocycles. The Morgan fingerprint density at radius 3 is 1.08 bits per heavy atom. The van der Waals surface area contributed by atoms with Crippen LogP contribution in [0.15, 0.2) is 121 Å². The van der Waals surface area contributed by atoms with Crippen molar-refractivity contribution in [2.75, 3.05) is 0 Å². The van der Waals surface area contributed by atoms with E-state index in [9.17, 15) is 20.4 Å². The standard InChI is InChI=1S/C32H23O4P/c33-27-19-29(23-15-7-9-17-25(23)31(27)35)37(21-11-3-1-4-12-21,22-13-5-2-6-14-22)30-20-28(34)32(36)26-18-10-8-16-24(26)30/h1-20H,(H3-,33,34,35,36)/p+1. The molecule has 0 heterocycles. The van der Waals surface area contributed by atoms with Crippen molar-refractivity contribution in [2.45, 2.75) is 0 Å². The maximum atomic E-state index is 11.0. The van der Waals surface area contributed by atoms with E-state index in [1.54, 1.807) is 24.3 Å². The van der Waals surface area contributed by atoms with Gasteiger partial charge in [0.15, 0.2) is 23.0 Å². The predicted molar refractivity (Wildman–Crippen MR) is 153 cm³/mol. The van der Waals surface area contributed by atoms with Gasteiger partial charge in [-0.3, -0.25) is 0 Å². The maximum Gasteiger partial charge on any atom is 0.165 e. The number of aromatic hydroxyl groups is 4. The fourth-order valence-electron chi connectivity index (χ4n) is 5.35. The Morgan fingerprint density at radius 1 is 0.378 bits per heavy atom. The van der Waals surface area contributed by atoms with Crippen molar-refractivity contribution in [2.24, 2.45) is 0 Å². The van der Waals surface area contributed by atoms with E-state index < -0.39 is 7.26 Å². The first kappa shape index (κ1) is 22.9. The molecule has 6 rings (SSSR count). The minimum atomic E-state index is -2.83. The smallest absolute Gasteiger partial charge is 0.165 e. The van der Waals surface area contributed by atoms with Gasteiger partial charge in [-0.1, -0.05) is 84.9 Å². The van der Waals surface area contributed by atoms with Crippen LogP contribution >= 0.6 is 7.26 Å². The van der Waals surface area contributed by atoms with Crippen molar-refractivity contribution in [1.82, 2.24) is 0 Å². The molecule has 37 heavy (non-hydrogen) atoms. The summed E-state index contributed by atoms with van der Waals surface area (Å²) in [5.74, 6) is -0.761. The van der Waals surface area contributed by atoms with Crippen LogP contribution in [0.2, 0.25) is 0 Å². The second kappa shape index (κ2) is 8.85. The van der Waals surface area contributed by atoms with Gasteiger partial charge in [0.05, 0.1) is 0 Å². The van der Waals surface area contributed by atoms with E-state index in [0.29, 0.717) is 10.8 Å². The van der Waals surface area contributed by atoms with Crippen molar-refractivity contribution in [3.8, 4) is 23.0 Å². The minimum absolute atomic E-state index is 0.169. The van der Waals surface area contributed by atoms with Crippen molar-refractivity contribution in [1.29, 1.82) is 0 Å². The van der Waals surface area contributed by atoms with Crippen LogP contribution in [0.4, 0.5) is 0 Å². The zero-order valence-corrected chi connectivity index (χ0v) is 20.7. The van der Waals surface area contributed by atoms with Gasteiger partial charge in [-0.2, -0.15) is 0 Å². The maximum absolute atomic E-state index is 11.0. The highest BCUT2D eigenvalue weighted by molar-refractivity contribution is 8.02. The largest absolute Gasteiger partial charge is 0.504 e. The van der Waals surface area contributed by atoms with Crippen LogP contribution in [-0.4, -0.2) is 20.4 Å². The lowest BCUT2D eigenvalue weighted by Gasteiger charge is -2.30. The van der Waals surface area contributed by atoms with Crippen LogP contribution in [0.25, 0.3) is 21.5 Å². The number of hydrogen-bond donors (Lipinski definition) is 4. The van der Waals surface area contributed by atoms with E-state index in [4.69, 9.17) is 0 Å². The van der Waals surface area contributed by atoms with Crippen LogP contribution in [0.1, 0.15) is 0 Å². The van der Waals surface area contributed by atoms with Crippen LogP contribution < -0.4 is 21.2 Å². The average Bonchev–Trinajstić information content (AvgIpc) is 2.95. The lowest BCUT2D eigenvalue weighted by Crippen LogP contribution is -2.39. The van der Waals surface area contributed by atoms with Gasteiger partial charge in [-0.25, -0.2) is 0 Å². The summed E-state index contributed by atoms with van der Waals surface area (Å²) >= 11 is 0. The van der Waals surface area contributed by atoms with Gasteiger partial charge in [0.25, 0.3) is 0 Å².